The molecule has 140 valence electrons. The van der Waals surface area contributed by atoms with Crippen molar-refractivity contribution in [2.24, 2.45) is 5.73 Å². The van der Waals surface area contributed by atoms with Crippen LogP contribution in [0, 0.1) is 0 Å². The first kappa shape index (κ1) is 20.5. The molecule has 2 N–H and O–H groups in total. The summed E-state index contributed by atoms with van der Waals surface area (Å²) >= 11 is 7.16. The molecule has 2 rings (SSSR count). The maximum absolute atomic E-state index is 11.1. The van der Waals surface area contributed by atoms with Crippen molar-refractivity contribution in [3.05, 3.63) is 47.1 Å². The number of aromatic nitrogens is 2. The second-order valence-electron chi connectivity index (χ2n) is 6.03. The Labute approximate surface area is 163 Å². The van der Waals surface area contributed by atoms with Crippen LogP contribution in [0.15, 0.2) is 36.4 Å². The molecule has 0 fully saturated rings. The Hall–Kier alpha value is -1.79. The van der Waals surface area contributed by atoms with Gasteiger partial charge in [0.05, 0.1) is 23.0 Å². The van der Waals surface area contributed by atoms with Crippen LogP contribution >= 0.6 is 23.6 Å². The van der Waals surface area contributed by atoms with Crippen LogP contribution in [0.3, 0.4) is 0 Å². The van der Waals surface area contributed by atoms with Crippen LogP contribution in [0.1, 0.15) is 56.3 Å². The molecule has 1 atom stereocenters. The summed E-state index contributed by atoms with van der Waals surface area (Å²) in [5.74, 6) is 0. The van der Waals surface area contributed by atoms with E-state index in [1.165, 1.54) is 19.3 Å². The molecule has 0 aliphatic heterocycles. The molecule has 0 saturated heterocycles. The predicted molar refractivity (Wildman–Crippen MR) is 107 cm³/mol. The molecule has 1 unspecified atom stereocenters. The van der Waals surface area contributed by atoms with E-state index >= 15 is 0 Å². The van der Waals surface area contributed by atoms with E-state index in [0.717, 1.165) is 48.1 Å². The second kappa shape index (κ2) is 11.0. The molecular weight excluding hydrogens is 370 g/mol. The molecule has 7 heteroatoms. The minimum Gasteiger partial charge on any atom is -0.375 e. The summed E-state index contributed by atoms with van der Waals surface area (Å²) in [4.78, 5) is 11.1. The zero-order valence-corrected chi connectivity index (χ0v) is 16.4. The maximum atomic E-state index is 11.1. The number of hydrogen-bond donors (Lipinski definition) is 1. The van der Waals surface area contributed by atoms with Gasteiger partial charge in [-0.25, -0.2) is 4.79 Å². The second-order valence-corrected chi connectivity index (χ2v) is 7.34. The van der Waals surface area contributed by atoms with Crippen molar-refractivity contribution in [2.45, 2.75) is 50.7 Å². The van der Waals surface area contributed by atoms with Gasteiger partial charge in [0.1, 0.15) is 0 Å². The van der Waals surface area contributed by atoms with E-state index in [-0.39, 0.29) is 5.25 Å². The Morgan fingerprint density at radius 3 is 2.62 bits per heavy atom. The monoisotopic (exact) mass is 393 g/mol. The number of amides is 1. The van der Waals surface area contributed by atoms with Crippen molar-refractivity contribution in [2.75, 3.05) is 0 Å². The third-order valence-corrected chi connectivity index (χ3v) is 5.17. The largest absolute Gasteiger partial charge is 0.416 e. The summed E-state index contributed by atoms with van der Waals surface area (Å²) in [6.45, 7) is 2.19. The Kier molecular flexibility index (Phi) is 8.71. The Bertz CT molecular complexity index is 700. The van der Waals surface area contributed by atoms with E-state index in [4.69, 9.17) is 21.5 Å². The summed E-state index contributed by atoms with van der Waals surface area (Å²) in [5, 5.41) is 8.49. The van der Waals surface area contributed by atoms with Gasteiger partial charge in [0.25, 0.3) is 0 Å². The highest BCUT2D eigenvalue weighted by Gasteiger charge is 2.21. The molecule has 0 saturated carbocycles. The quantitative estimate of drug-likeness (QED) is 0.399. The Morgan fingerprint density at radius 1 is 1.19 bits per heavy atom. The van der Waals surface area contributed by atoms with E-state index in [9.17, 15) is 4.79 Å². The van der Waals surface area contributed by atoms with Gasteiger partial charge in [-0.2, -0.15) is 0 Å². The summed E-state index contributed by atoms with van der Waals surface area (Å²) in [6.07, 6.45) is 5.82. The minimum absolute atomic E-state index is 0.104. The number of primary amides is 1. The van der Waals surface area contributed by atoms with Crippen LogP contribution < -0.4 is 5.73 Å². The number of benzene rings is 1. The topological polar surface area (TPSA) is 78.1 Å². The Balaban J connectivity index is 2.24. The van der Waals surface area contributed by atoms with Gasteiger partial charge in [-0.15, -0.1) is 10.2 Å². The fourth-order valence-electron chi connectivity index (χ4n) is 2.74. The summed E-state index contributed by atoms with van der Waals surface area (Å²) < 4.78 is 5.03. The highest BCUT2D eigenvalue weighted by Crippen LogP contribution is 2.39. The number of carbonyl (C=O) groups excluding carboxylic acids is 1. The van der Waals surface area contributed by atoms with E-state index in [0.29, 0.717) is 5.15 Å². The highest BCUT2D eigenvalue weighted by molar-refractivity contribution is 7.95. The molecule has 0 radical (unpaired) electrons. The molecule has 1 aromatic heterocycles. The average molecular weight is 394 g/mol. The van der Waals surface area contributed by atoms with Crippen molar-refractivity contribution in [3.8, 4) is 11.3 Å². The highest BCUT2D eigenvalue weighted by atomic mass is 35.5. The third kappa shape index (κ3) is 6.50. The first-order chi connectivity index (χ1) is 12.6. The van der Waals surface area contributed by atoms with Crippen molar-refractivity contribution in [3.63, 3.8) is 0 Å². The number of nitrogens with zero attached hydrogens (tertiary/aromatic N) is 2. The van der Waals surface area contributed by atoms with Crippen molar-refractivity contribution < 1.29 is 8.98 Å². The van der Waals surface area contributed by atoms with E-state index in [1.54, 1.807) is 6.07 Å². The fourth-order valence-corrected chi connectivity index (χ4v) is 3.65. The van der Waals surface area contributed by atoms with Gasteiger partial charge in [-0.05, 0) is 18.1 Å². The average Bonchev–Trinajstić information content (AvgIpc) is 2.64. The number of hydrogen-bond acceptors (Lipinski definition) is 5. The molecule has 1 aromatic carbocycles. The lowest BCUT2D eigenvalue weighted by Gasteiger charge is -2.18. The molecule has 5 nitrogen and oxygen atoms in total. The predicted octanol–water partition coefficient (Wildman–Crippen LogP) is 5.94. The fraction of sp³-hybridized carbons (Fsp3) is 0.421. The van der Waals surface area contributed by atoms with E-state index < -0.39 is 6.09 Å². The van der Waals surface area contributed by atoms with Gasteiger partial charge >= 0.3 is 6.09 Å². The van der Waals surface area contributed by atoms with E-state index in [2.05, 4.69) is 17.1 Å². The molecular formula is C19H24ClN3O2S. The lowest BCUT2D eigenvalue weighted by Crippen LogP contribution is -2.11. The first-order valence-electron chi connectivity index (χ1n) is 8.83. The number of halogens is 1. The molecule has 26 heavy (non-hydrogen) atoms. The van der Waals surface area contributed by atoms with Crippen molar-refractivity contribution in [1.29, 1.82) is 0 Å². The number of rotatable bonds is 10. The van der Waals surface area contributed by atoms with Crippen LogP contribution in [0.4, 0.5) is 4.79 Å². The van der Waals surface area contributed by atoms with Gasteiger partial charge in [0.15, 0.2) is 5.15 Å². The molecule has 0 aliphatic carbocycles. The summed E-state index contributed by atoms with van der Waals surface area (Å²) in [5.41, 5.74) is 7.75. The standard InChI is InChI=1S/C19H24ClN3O2S/c1-2-3-4-5-9-12-16(26-25-19(21)24)15-13-17(20)22-23-18(15)14-10-7-6-8-11-14/h6-8,10-11,13,16H,2-5,9,12H2,1H3,(H2,21,24). The summed E-state index contributed by atoms with van der Waals surface area (Å²) in [6, 6.07) is 11.6. The van der Waals surface area contributed by atoms with Gasteiger partial charge in [0.2, 0.25) is 0 Å². The van der Waals surface area contributed by atoms with Crippen LogP contribution in [0.2, 0.25) is 5.15 Å². The van der Waals surface area contributed by atoms with Crippen LogP contribution in [0.5, 0.6) is 0 Å². The number of carbonyl (C=O) groups is 1. The minimum atomic E-state index is -0.805. The zero-order chi connectivity index (χ0) is 18.8. The molecule has 0 bridgehead atoms. The smallest absolute Gasteiger partial charge is 0.375 e. The van der Waals surface area contributed by atoms with Gasteiger partial charge < -0.3 is 9.92 Å². The number of nitrogens with two attached hydrogens (primary N) is 1. The molecule has 2 aromatic rings. The molecule has 0 aliphatic rings. The Morgan fingerprint density at radius 2 is 1.92 bits per heavy atom. The normalized spacial score (nSPS) is 11.9. The maximum Gasteiger partial charge on any atom is 0.416 e. The molecule has 0 spiro atoms. The van der Waals surface area contributed by atoms with E-state index in [1.807, 2.05) is 30.3 Å². The van der Waals surface area contributed by atoms with Crippen molar-refractivity contribution in [1.82, 2.24) is 10.2 Å². The molecule has 1 heterocycles. The number of unbranched alkanes of at least 4 members (excludes halogenated alkanes) is 4. The third-order valence-electron chi connectivity index (χ3n) is 4.00. The van der Waals surface area contributed by atoms with Crippen LogP contribution in [-0.2, 0) is 4.18 Å². The summed E-state index contributed by atoms with van der Waals surface area (Å²) in [7, 11) is 0. The SMILES string of the molecule is CCCCCCCC(SOC(N)=O)c1cc(Cl)nnc1-c1ccccc1. The molecule has 1 amide bonds. The lowest BCUT2D eigenvalue weighted by molar-refractivity contribution is 0.218. The van der Waals surface area contributed by atoms with Crippen LogP contribution in [0.25, 0.3) is 11.3 Å². The van der Waals surface area contributed by atoms with Crippen LogP contribution in [-0.4, -0.2) is 16.3 Å². The first-order valence-corrected chi connectivity index (χ1v) is 10.0. The van der Waals surface area contributed by atoms with Crippen molar-refractivity contribution >= 4 is 29.7 Å². The lowest BCUT2D eigenvalue weighted by atomic mass is 10.00. The zero-order valence-electron chi connectivity index (χ0n) is 14.9. The van der Waals surface area contributed by atoms with Gasteiger partial charge in [-0.1, -0.05) is 81.0 Å². The van der Waals surface area contributed by atoms with Gasteiger partial charge in [-0.3, -0.25) is 0 Å². The van der Waals surface area contributed by atoms with Gasteiger partial charge in [0, 0.05) is 5.56 Å².